The highest BCUT2D eigenvalue weighted by molar-refractivity contribution is 5.78. The predicted molar refractivity (Wildman–Crippen MR) is 92.6 cm³/mol. The smallest absolute Gasteiger partial charge is 0.236 e. The van der Waals surface area contributed by atoms with E-state index in [0.29, 0.717) is 18.2 Å². The van der Waals surface area contributed by atoms with Crippen LogP contribution >= 0.6 is 0 Å². The van der Waals surface area contributed by atoms with Crippen molar-refractivity contribution in [1.29, 1.82) is 5.26 Å². The molecule has 6 nitrogen and oxygen atoms in total. The van der Waals surface area contributed by atoms with Crippen molar-refractivity contribution in [1.82, 2.24) is 14.8 Å². The fourth-order valence-electron chi connectivity index (χ4n) is 3.53. The molecule has 128 valence electrons. The third kappa shape index (κ3) is 3.85. The standard InChI is InChI=1S/C18H25N5O/c1-15-4-2-3-7-23(15)18(24)14-21-8-10-22(11-9-21)17-6-5-16(12-19)13-20-17/h5-6,13,15H,2-4,7-11,14H2,1H3. The number of carbonyl (C=O) groups excluding carboxylic acids is 1. The molecule has 1 aromatic rings. The van der Waals surface area contributed by atoms with Crippen molar-refractivity contribution in [3.05, 3.63) is 23.9 Å². The Hall–Kier alpha value is -2.13. The average molecular weight is 327 g/mol. The zero-order valence-corrected chi connectivity index (χ0v) is 14.3. The molecular formula is C18H25N5O. The number of hydrogen-bond acceptors (Lipinski definition) is 5. The third-order valence-corrected chi connectivity index (χ3v) is 5.06. The van der Waals surface area contributed by atoms with Crippen LogP contribution in [-0.4, -0.2) is 66.0 Å². The molecule has 1 aromatic heterocycles. The zero-order chi connectivity index (χ0) is 16.9. The van der Waals surface area contributed by atoms with Gasteiger partial charge in [-0.2, -0.15) is 5.26 Å². The van der Waals surface area contributed by atoms with Crippen LogP contribution in [-0.2, 0) is 4.79 Å². The summed E-state index contributed by atoms with van der Waals surface area (Å²) < 4.78 is 0. The number of pyridine rings is 1. The molecule has 1 atom stereocenters. The Labute approximate surface area is 143 Å². The molecule has 0 aromatic carbocycles. The maximum atomic E-state index is 12.5. The summed E-state index contributed by atoms with van der Waals surface area (Å²) in [6, 6.07) is 6.17. The van der Waals surface area contributed by atoms with Crippen LogP contribution in [0.25, 0.3) is 0 Å². The molecule has 0 bridgehead atoms. The van der Waals surface area contributed by atoms with Crippen molar-refractivity contribution < 1.29 is 4.79 Å². The molecule has 3 heterocycles. The maximum absolute atomic E-state index is 12.5. The van der Waals surface area contributed by atoms with E-state index in [1.807, 2.05) is 6.07 Å². The number of carbonyl (C=O) groups is 1. The predicted octanol–water partition coefficient (Wildman–Crippen LogP) is 1.48. The van der Waals surface area contributed by atoms with Crippen LogP contribution < -0.4 is 4.90 Å². The van der Waals surface area contributed by atoms with E-state index in [1.54, 1.807) is 12.3 Å². The summed E-state index contributed by atoms with van der Waals surface area (Å²) in [5.41, 5.74) is 0.582. The van der Waals surface area contributed by atoms with Crippen LogP contribution in [0.15, 0.2) is 18.3 Å². The van der Waals surface area contributed by atoms with E-state index in [9.17, 15) is 4.79 Å². The summed E-state index contributed by atoms with van der Waals surface area (Å²) in [7, 11) is 0. The molecule has 0 N–H and O–H groups in total. The van der Waals surface area contributed by atoms with E-state index in [-0.39, 0.29) is 5.91 Å². The summed E-state index contributed by atoms with van der Waals surface area (Å²) in [5.74, 6) is 1.18. The number of hydrogen-bond donors (Lipinski definition) is 0. The molecule has 3 rings (SSSR count). The first-order valence-corrected chi connectivity index (χ1v) is 8.80. The van der Waals surface area contributed by atoms with Crippen LogP contribution in [0.2, 0.25) is 0 Å². The number of aromatic nitrogens is 1. The molecule has 0 radical (unpaired) electrons. The van der Waals surface area contributed by atoms with Gasteiger partial charge in [-0.15, -0.1) is 0 Å². The first kappa shape index (κ1) is 16.7. The second kappa shape index (κ2) is 7.63. The van der Waals surface area contributed by atoms with Gasteiger partial charge in [-0.25, -0.2) is 4.98 Å². The van der Waals surface area contributed by atoms with Crippen molar-refractivity contribution >= 4 is 11.7 Å². The number of amides is 1. The monoisotopic (exact) mass is 327 g/mol. The van der Waals surface area contributed by atoms with E-state index in [0.717, 1.165) is 51.4 Å². The Kier molecular flexibility index (Phi) is 5.31. The van der Waals surface area contributed by atoms with Gasteiger partial charge in [0.1, 0.15) is 11.9 Å². The lowest BCUT2D eigenvalue weighted by Crippen LogP contribution is -2.52. The van der Waals surface area contributed by atoms with Crippen molar-refractivity contribution in [3.63, 3.8) is 0 Å². The van der Waals surface area contributed by atoms with Gasteiger partial charge in [-0.3, -0.25) is 9.69 Å². The Balaban J connectivity index is 1.49. The van der Waals surface area contributed by atoms with Crippen molar-refractivity contribution in [2.75, 3.05) is 44.2 Å². The molecule has 1 unspecified atom stereocenters. The van der Waals surface area contributed by atoms with Crippen LogP contribution in [0.3, 0.4) is 0 Å². The molecule has 0 aliphatic carbocycles. The van der Waals surface area contributed by atoms with Gasteiger partial charge in [0.2, 0.25) is 5.91 Å². The molecule has 0 saturated carbocycles. The SMILES string of the molecule is CC1CCCCN1C(=O)CN1CCN(c2ccc(C#N)cn2)CC1. The van der Waals surface area contributed by atoms with Crippen LogP contribution in [0, 0.1) is 11.3 Å². The fourth-order valence-corrected chi connectivity index (χ4v) is 3.53. The van der Waals surface area contributed by atoms with E-state index < -0.39 is 0 Å². The average Bonchev–Trinajstić information content (AvgIpc) is 2.63. The van der Waals surface area contributed by atoms with E-state index in [1.165, 1.54) is 6.42 Å². The number of anilines is 1. The second-order valence-electron chi connectivity index (χ2n) is 6.71. The largest absolute Gasteiger partial charge is 0.354 e. The van der Waals surface area contributed by atoms with Crippen LogP contribution in [0.4, 0.5) is 5.82 Å². The lowest BCUT2D eigenvalue weighted by Gasteiger charge is -2.38. The van der Waals surface area contributed by atoms with Gasteiger partial charge in [0.15, 0.2) is 0 Å². The molecule has 2 aliphatic heterocycles. The number of piperazine rings is 1. The minimum absolute atomic E-state index is 0.271. The summed E-state index contributed by atoms with van der Waals surface area (Å²) in [6.07, 6.45) is 5.11. The topological polar surface area (TPSA) is 63.5 Å². The molecule has 2 fully saturated rings. The molecule has 24 heavy (non-hydrogen) atoms. The van der Waals surface area contributed by atoms with Gasteiger partial charge in [0.25, 0.3) is 0 Å². The fraction of sp³-hybridized carbons (Fsp3) is 0.611. The van der Waals surface area contributed by atoms with Gasteiger partial charge in [0, 0.05) is 45.0 Å². The van der Waals surface area contributed by atoms with Gasteiger partial charge >= 0.3 is 0 Å². The quantitative estimate of drug-likeness (QED) is 0.841. The first-order chi connectivity index (χ1) is 11.7. The summed E-state index contributed by atoms with van der Waals surface area (Å²) in [5, 5.41) is 8.84. The van der Waals surface area contributed by atoms with Crippen LogP contribution in [0.5, 0.6) is 0 Å². The van der Waals surface area contributed by atoms with Gasteiger partial charge < -0.3 is 9.80 Å². The van der Waals surface area contributed by atoms with Gasteiger partial charge in [-0.1, -0.05) is 0 Å². The number of nitrogens with zero attached hydrogens (tertiary/aromatic N) is 5. The van der Waals surface area contributed by atoms with Crippen molar-refractivity contribution in [3.8, 4) is 6.07 Å². The second-order valence-corrected chi connectivity index (χ2v) is 6.71. The Morgan fingerprint density at radius 2 is 2.04 bits per heavy atom. The number of rotatable bonds is 3. The maximum Gasteiger partial charge on any atom is 0.236 e. The third-order valence-electron chi connectivity index (χ3n) is 5.06. The highest BCUT2D eigenvalue weighted by Crippen LogP contribution is 2.18. The number of likely N-dealkylation sites (tertiary alicyclic amines) is 1. The minimum atomic E-state index is 0.271. The molecule has 0 spiro atoms. The Morgan fingerprint density at radius 3 is 2.67 bits per heavy atom. The lowest BCUT2D eigenvalue weighted by atomic mass is 10.0. The lowest BCUT2D eigenvalue weighted by molar-refractivity contribution is -0.135. The van der Waals surface area contributed by atoms with E-state index in [2.05, 4.69) is 32.7 Å². The van der Waals surface area contributed by atoms with Crippen molar-refractivity contribution in [2.45, 2.75) is 32.2 Å². The molecule has 2 aliphatic rings. The zero-order valence-electron chi connectivity index (χ0n) is 14.3. The molecule has 6 heteroatoms. The number of nitriles is 1. The van der Waals surface area contributed by atoms with Crippen LogP contribution in [0.1, 0.15) is 31.7 Å². The van der Waals surface area contributed by atoms with Gasteiger partial charge in [-0.05, 0) is 38.3 Å². The normalized spacial score (nSPS) is 22.2. The summed E-state index contributed by atoms with van der Waals surface area (Å²) in [6.45, 7) is 7.06. The Morgan fingerprint density at radius 1 is 1.25 bits per heavy atom. The van der Waals surface area contributed by atoms with E-state index in [4.69, 9.17) is 5.26 Å². The van der Waals surface area contributed by atoms with Crippen molar-refractivity contribution in [2.24, 2.45) is 0 Å². The minimum Gasteiger partial charge on any atom is -0.354 e. The van der Waals surface area contributed by atoms with E-state index >= 15 is 0 Å². The molecular weight excluding hydrogens is 302 g/mol. The molecule has 1 amide bonds. The molecule has 2 saturated heterocycles. The van der Waals surface area contributed by atoms with Gasteiger partial charge in [0.05, 0.1) is 12.1 Å². The summed E-state index contributed by atoms with van der Waals surface area (Å²) >= 11 is 0. The highest BCUT2D eigenvalue weighted by atomic mass is 16.2. The highest BCUT2D eigenvalue weighted by Gasteiger charge is 2.26. The first-order valence-electron chi connectivity index (χ1n) is 8.80. The Bertz CT molecular complexity index is 601. The number of piperidine rings is 1. The summed E-state index contributed by atoms with van der Waals surface area (Å²) in [4.78, 5) is 23.4.